The minimum absolute atomic E-state index is 0.0250. The van der Waals surface area contributed by atoms with Gasteiger partial charge in [-0.05, 0) is 99.2 Å². The van der Waals surface area contributed by atoms with Crippen LogP contribution in [0.15, 0.2) is 52.1 Å². The fraction of sp³-hybridized carbons (Fsp3) is 0.532. The molecule has 1 aliphatic carbocycles. The normalized spacial score (nSPS) is 19.2. The molecule has 4 aromatic rings. The second-order valence-electron chi connectivity index (χ2n) is 17.1. The molecule has 0 spiro atoms. The minimum Gasteiger partial charge on any atom is -0.493 e. The van der Waals surface area contributed by atoms with Crippen LogP contribution >= 0.6 is 0 Å². The summed E-state index contributed by atoms with van der Waals surface area (Å²) < 4.78 is 49.4. The predicted molar refractivity (Wildman–Crippen MR) is 225 cm³/mol. The third kappa shape index (κ3) is 8.76. The van der Waals surface area contributed by atoms with Crippen molar-refractivity contribution in [2.24, 2.45) is 11.8 Å². The zero-order chi connectivity index (χ0) is 41.3. The van der Waals surface area contributed by atoms with Crippen LogP contribution in [-0.4, -0.2) is 82.3 Å². The molecule has 9 rings (SSSR count). The molecule has 4 aliphatic heterocycles. The lowest BCUT2D eigenvalue weighted by Crippen LogP contribution is -2.37. The van der Waals surface area contributed by atoms with Gasteiger partial charge in [0.05, 0.1) is 58.6 Å². The maximum absolute atomic E-state index is 13.0. The van der Waals surface area contributed by atoms with Gasteiger partial charge in [-0.2, -0.15) is 0 Å². The lowest BCUT2D eigenvalue weighted by Gasteiger charge is -2.36. The van der Waals surface area contributed by atoms with E-state index in [1.54, 1.807) is 26.4 Å². The summed E-state index contributed by atoms with van der Waals surface area (Å²) in [6, 6.07) is 13.5. The monoisotopic (exact) mass is 810 g/mol. The molecule has 2 saturated heterocycles. The molecular weight excluding hydrogens is 753 g/mol. The van der Waals surface area contributed by atoms with Crippen molar-refractivity contribution in [3.8, 4) is 51.3 Å². The van der Waals surface area contributed by atoms with Gasteiger partial charge in [-0.25, -0.2) is 0 Å². The Morgan fingerprint density at radius 1 is 0.678 bits per heavy atom. The fourth-order valence-electron chi connectivity index (χ4n) is 8.70. The number of aryl methyl sites for hydroxylation is 1. The van der Waals surface area contributed by atoms with Crippen LogP contribution in [0.1, 0.15) is 61.8 Å². The van der Waals surface area contributed by atoms with Crippen LogP contribution < -0.4 is 34.8 Å². The Hall–Kier alpha value is -4.78. The second kappa shape index (κ2) is 17.4. The molecule has 0 amide bonds. The van der Waals surface area contributed by atoms with Crippen LogP contribution in [0.25, 0.3) is 22.5 Å². The van der Waals surface area contributed by atoms with Gasteiger partial charge in [0.1, 0.15) is 30.0 Å². The summed E-state index contributed by atoms with van der Waals surface area (Å²) >= 11 is 0. The van der Waals surface area contributed by atoms with E-state index in [-0.39, 0.29) is 22.6 Å². The summed E-state index contributed by atoms with van der Waals surface area (Å²) in [5.74, 6) is 4.76. The van der Waals surface area contributed by atoms with E-state index >= 15 is 0 Å². The quantitative estimate of drug-likeness (QED) is 0.158. The Balaban J connectivity index is 0.000000165. The van der Waals surface area contributed by atoms with Crippen LogP contribution in [-0.2, 0) is 39.1 Å². The zero-order valence-corrected chi connectivity index (χ0v) is 35.4. The summed E-state index contributed by atoms with van der Waals surface area (Å²) in [4.78, 5) is 25.8. The number of pyridine rings is 2. The molecule has 0 N–H and O–H groups in total. The van der Waals surface area contributed by atoms with Gasteiger partial charge in [0.2, 0.25) is 0 Å². The van der Waals surface area contributed by atoms with Crippen molar-refractivity contribution in [1.82, 2.24) is 9.13 Å². The Kier molecular flexibility index (Phi) is 12.1. The third-order valence-electron chi connectivity index (χ3n) is 12.3. The highest BCUT2D eigenvalue weighted by atomic mass is 16.6. The van der Waals surface area contributed by atoms with Crippen molar-refractivity contribution in [2.45, 2.75) is 84.4 Å². The molecule has 3 fully saturated rings. The van der Waals surface area contributed by atoms with Crippen molar-refractivity contribution < 1.29 is 37.9 Å². The molecule has 5 aliphatic rings. The maximum atomic E-state index is 13.0. The Morgan fingerprint density at radius 3 is 2.00 bits per heavy atom. The maximum Gasteiger partial charge on any atom is 0.254 e. The number of methoxy groups -OCH3 is 2. The van der Waals surface area contributed by atoms with Gasteiger partial charge in [-0.15, -0.1) is 0 Å². The van der Waals surface area contributed by atoms with Crippen LogP contribution in [0.4, 0.5) is 0 Å². The van der Waals surface area contributed by atoms with Crippen molar-refractivity contribution in [3.05, 3.63) is 85.4 Å². The number of fused-ring (bicyclic) bond motifs is 6. The van der Waals surface area contributed by atoms with E-state index in [1.807, 2.05) is 41.2 Å². The molecule has 59 heavy (non-hydrogen) atoms. The van der Waals surface area contributed by atoms with E-state index < -0.39 is 0 Å². The van der Waals surface area contributed by atoms with Crippen molar-refractivity contribution in [1.29, 1.82) is 0 Å². The molecule has 1 atom stereocenters. The first kappa shape index (κ1) is 41.0. The molecule has 0 unspecified atom stereocenters. The summed E-state index contributed by atoms with van der Waals surface area (Å²) in [6.45, 7) is 14.8. The molecule has 6 heterocycles. The van der Waals surface area contributed by atoms with Gasteiger partial charge < -0.3 is 47.0 Å². The Labute approximate surface area is 346 Å². The number of aromatic nitrogens is 2. The number of hydrogen-bond acceptors (Lipinski definition) is 10. The molecule has 0 bridgehead atoms. The molecule has 1 saturated carbocycles. The highest BCUT2D eigenvalue weighted by Crippen LogP contribution is 2.44. The molecule has 316 valence electrons. The number of nitrogens with zero attached hydrogens (tertiary/aromatic N) is 2. The molecule has 0 radical (unpaired) electrons. The lowest BCUT2D eigenvalue weighted by molar-refractivity contribution is -0.101. The second-order valence-corrected chi connectivity index (χ2v) is 17.1. The van der Waals surface area contributed by atoms with Gasteiger partial charge in [0.25, 0.3) is 11.1 Å². The SMILES string of the molecule is COc1cc2c(cc1OC)-c1c(C)c(OCC3CCOCC3)cc(=O)n1CC2.Cc1c(OC[C@@H]2COCCO2)cc(=O)n2c1-c1ccc(OCC3CC3)cc1C(C)(C)C2. The predicted octanol–water partition coefficient (Wildman–Crippen LogP) is 6.90. The Bertz CT molecular complexity index is 2280. The summed E-state index contributed by atoms with van der Waals surface area (Å²) in [5.41, 5.74) is 8.02. The van der Waals surface area contributed by atoms with Gasteiger partial charge >= 0.3 is 0 Å². The van der Waals surface area contributed by atoms with Crippen molar-refractivity contribution in [2.75, 3.05) is 67.1 Å². The first-order chi connectivity index (χ1) is 28.5. The van der Waals surface area contributed by atoms with E-state index in [0.29, 0.717) is 81.0 Å². The summed E-state index contributed by atoms with van der Waals surface area (Å²) in [7, 11) is 3.26. The minimum atomic E-state index is -0.173. The lowest BCUT2D eigenvalue weighted by atomic mass is 9.77. The van der Waals surface area contributed by atoms with Gasteiger partial charge in [-0.3, -0.25) is 9.59 Å². The molecule has 2 aromatic carbocycles. The number of benzene rings is 2. The van der Waals surface area contributed by atoms with E-state index in [2.05, 4.69) is 26.0 Å². The standard InChI is InChI=1S/C25H31NO5.C22H27NO5/c1-16-22(31-14-19-13-28-8-9-29-19)11-23(27)26-15-25(2,3)21-10-18(30-12-17-4-5-17)6-7-20(21)24(16)26;1-14-18(28-13-15-5-8-27-9-6-15)12-21(24)23-7-4-16-10-19(25-2)20(26-3)11-17(16)22(14)23/h6-7,10-11,17,19H,4-5,8-9,12-15H2,1-3H3;10-12,15H,4-9,13H2,1-3H3/t19-;/m0./s1. The van der Waals surface area contributed by atoms with E-state index in [9.17, 15) is 9.59 Å². The smallest absolute Gasteiger partial charge is 0.254 e. The highest BCUT2D eigenvalue weighted by Gasteiger charge is 2.34. The molecule has 2 aromatic heterocycles. The summed E-state index contributed by atoms with van der Waals surface area (Å²) in [5, 5.41) is 0. The molecule has 12 nitrogen and oxygen atoms in total. The molecule has 12 heteroatoms. The van der Waals surface area contributed by atoms with Gasteiger partial charge in [0.15, 0.2) is 11.5 Å². The number of rotatable bonds is 11. The van der Waals surface area contributed by atoms with Crippen LogP contribution in [0.5, 0.6) is 28.7 Å². The van der Waals surface area contributed by atoms with Crippen LogP contribution in [0.2, 0.25) is 0 Å². The van der Waals surface area contributed by atoms with Gasteiger partial charge in [0, 0.05) is 66.1 Å². The van der Waals surface area contributed by atoms with Crippen LogP contribution in [0.3, 0.4) is 0 Å². The highest BCUT2D eigenvalue weighted by molar-refractivity contribution is 5.75. The van der Waals surface area contributed by atoms with E-state index in [4.69, 9.17) is 37.9 Å². The average Bonchev–Trinajstić information content (AvgIpc) is 4.09. The van der Waals surface area contributed by atoms with E-state index in [1.165, 1.54) is 18.4 Å². The third-order valence-corrected chi connectivity index (χ3v) is 12.3. The van der Waals surface area contributed by atoms with Crippen molar-refractivity contribution in [3.63, 3.8) is 0 Å². The van der Waals surface area contributed by atoms with E-state index in [0.717, 1.165) is 84.0 Å². The molecular formula is C47H58N2O10. The van der Waals surface area contributed by atoms with Gasteiger partial charge in [-0.1, -0.05) is 13.8 Å². The fourth-order valence-corrected chi connectivity index (χ4v) is 8.70. The zero-order valence-electron chi connectivity index (χ0n) is 35.4. The summed E-state index contributed by atoms with van der Waals surface area (Å²) in [6.07, 6.45) is 5.22. The Morgan fingerprint density at radius 2 is 1.32 bits per heavy atom. The first-order valence-corrected chi connectivity index (χ1v) is 21.1. The largest absolute Gasteiger partial charge is 0.493 e. The number of ether oxygens (including phenoxy) is 8. The topological polar surface area (TPSA) is 118 Å². The average molecular weight is 811 g/mol. The van der Waals surface area contributed by atoms with Crippen LogP contribution in [0, 0.1) is 25.7 Å². The first-order valence-electron chi connectivity index (χ1n) is 21.1. The van der Waals surface area contributed by atoms with Crippen molar-refractivity contribution >= 4 is 0 Å². The number of hydrogen-bond donors (Lipinski definition) is 0.